The molecular formula is C20H15FO3S. The van der Waals surface area contributed by atoms with Crippen LogP contribution in [0.15, 0.2) is 66.0 Å². The summed E-state index contributed by atoms with van der Waals surface area (Å²) in [4.78, 5) is 12.2. The van der Waals surface area contributed by atoms with Crippen LogP contribution >= 0.6 is 11.3 Å². The predicted molar refractivity (Wildman–Crippen MR) is 97.0 cm³/mol. The Morgan fingerprint density at radius 2 is 1.96 bits per heavy atom. The average molecular weight is 354 g/mol. The van der Waals surface area contributed by atoms with Crippen molar-refractivity contribution in [2.24, 2.45) is 0 Å². The van der Waals surface area contributed by atoms with Crippen molar-refractivity contribution in [3.63, 3.8) is 0 Å². The molecule has 126 valence electrons. The van der Waals surface area contributed by atoms with Gasteiger partial charge in [0.2, 0.25) is 0 Å². The van der Waals surface area contributed by atoms with Gasteiger partial charge in [-0.15, -0.1) is 11.3 Å². The van der Waals surface area contributed by atoms with Gasteiger partial charge in [-0.25, -0.2) is 9.18 Å². The Balaban J connectivity index is 1.80. The number of halogens is 1. The van der Waals surface area contributed by atoms with Gasteiger partial charge in [0.1, 0.15) is 18.2 Å². The van der Waals surface area contributed by atoms with Crippen molar-refractivity contribution in [2.75, 3.05) is 0 Å². The number of rotatable bonds is 6. The monoisotopic (exact) mass is 354 g/mol. The standard InChI is InChI=1S/C20H15FO3S/c21-18-8-2-1-6-15(18)13-24-16-7-3-5-14(11-16)12-17(20(22)23)19-9-4-10-25-19/h1-12H,13H2,(H,22,23)/b17-12-. The van der Waals surface area contributed by atoms with E-state index in [4.69, 9.17) is 4.74 Å². The molecule has 0 aliphatic carbocycles. The van der Waals surface area contributed by atoms with Gasteiger partial charge in [0.15, 0.2) is 0 Å². The zero-order valence-electron chi connectivity index (χ0n) is 13.2. The minimum Gasteiger partial charge on any atom is -0.489 e. The van der Waals surface area contributed by atoms with Gasteiger partial charge in [0, 0.05) is 10.4 Å². The van der Waals surface area contributed by atoms with E-state index in [0.717, 1.165) is 0 Å². The number of carboxylic acids is 1. The maximum absolute atomic E-state index is 13.6. The Labute approximate surface area is 148 Å². The molecule has 0 aliphatic rings. The van der Waals surface area contributed by atoms with E-state index >= 15 is 0 Å². The SMILES string of the molecule is O=C(O)/C(=C\c1cccc(OCc2ccccc2F)c1)c1cccs1. The minimum atomic E-state index is -0.986. The first-order valence-corrected chi connectivity index (χ1v) is 8.46. The number of ether oxygens (including phenoxy) is 1. The Morgan fingerprint density at radius 3 is 2.68 bits per heavy atom. The summed E-state index contributed by atoms with van der Waals surface area (Å²) < 4.78 is 19.3. The maximum atomic E-state index is 13.6. The molecule has 1 aromatic heterocycles. The molecule has 0 atom stereocenters. The molecule has 1 N–H and O–H groups in total. The molecule has 25 heavy (non-hydrogen) atoms. The molecule has 5 heteroatoms. The largest absolute Gasteiger partial charge is 0.489 e. The number of hydrogen-bond donors (Lipinski definition) is 1. The molecule has 0 bridgehead atoms. The molecule has 0 amide bonds. The lowest BCUT2D eigenvalue weighted by Gasteiger charge is -2.08. The van der Waals surface area contributed by atoms with E-state index in [9.17, 15) is 14.3 Å². The fourth-order valence-corrected chi connectivity index (χ4v) is 3.04. The highest BCUT2D eigenvalue weighted by Crippen LogP contribution is 2.25. The van der Waals surface area contributed by atoms with E-state index in [1.807, 2.05) is 11.4 Å². The van der Waals surface area contributed by atoms with Crippen molar-refractivity contribution in [1.29, 1.82) is 0 Å². The van der Waals surface area contributed by atoms with E-state index in [1.165, 1.54) is 17.4 Å². The van der Waals surface area contributed by atoms with Crippen molar-refractivity contribution in [1.82, 2.24) is 0 Å². The molecule has 2 aromatic carbocycles. The quantitative estimate of drug-likeness (QED) is 0.627. The van der Waals surface area contributed by atoms with Crippen molar-refractivity contribution in [2.45, 2.75) is 6.61 Å². The molecule has 0 unspecified atom stereocenters. The summed E-state index contributed by atoms with van der Waals surface area (Å²) in [5.74, 6) is -0.752. The highest BCUT2D eigenvalue weighted by molar-refractivity contribution is 7.11. The first kappa shape index (κ1) is 16.9. The smallest absolute Gasteiger partial charge is 0.337 e. The van der Waals surface area contributed by atoms with Crippen LogP contribution in [0.1, 0.15) is 16.0 Å². The Kier molecular flexibility index (Phi) is 5.26. The van der Waals surface area contributed by atoms with Crippen LogP contribution in [-0.4, -0.2) is 11.1 Å². The first-order chi connectivity index (χ1) is 12.1. The number of carbonyl (C=O) groups is 1. The highest BCUT2D eigenvalue weighted by Gasteiger charge is 2.11. The summed E-state index contributed by atoms with van der Waals surface area (Å²) >= 11 is 1.37. The number of hydrogen-bond acceptors (Lipinski definition) is 3. The Hall–Kier alpha value is -2.92. The van der Waals surface area contributed by atoms with Gasteiger partial charge < -0.3 is 9.84 Å². The van der Waals surface area contributed by atoms with Crippen LogP contribution < -0.4 is 4.74 Å². The van der Waals surface area contributed by atoms with Gasteiger partial charge in [0.25, 0.3) is 0 Å². The van der Waals surface area contributed by atoms with Crippen molar-refractivity contribution in [3.8, 4) is 5.75 Å². The van der Waals surface area contributed by atoms with Crippen molar-refractivity contribution in [3.05, 3.63) is 87.9 Å². The summed E-state index contributed by atoms with van der Waals surface area (Å²) in [7, 11) is 0. The number of carboxylic acid groups (broad SMARTS) is 1. The fraction of sp³-hybridized carbons (Fsp3) is 0.0500. The Bertz CT molecular complexity index is 901. The summed E-state index contributed by atoms with van der Waals surface area (Å²) in [5, 5.41) is 11.3. The second-order valence-corrected chi connectivity index (χ2v) is 6.24. The second kappa shape index (κ2) is 7.77. The molecule has 0 spiro atoms. The lowest BCUT2D eigenvalue weighted by molar-refractivity contribution is -0.130. The van der Waals surface area contributed by atoms with Gasteiger partial charge in [-0.2, -0.15) is 0 Å². The number of aliphatic carboxylic acids is 1. The topological polar surface area (TPSA) is 46.5 Å². The van der Waals surface area contributed by atoms with Crippen LogP contribution in [0.5, 0.6) is 5.75 Å². The zero-order chi connectivity index (χ0) is 17.6. The van der Waals surface area contributed by atoms with Gasteiger partial charge in [0.05, 0.1) is 5.57 Å². The second-order valence-electron chi connectivity index (χ2n) is 5.29. The third kappa shape index (κ3) is 4.33. The Morgan fingerprint density at radius 1 is 1.12 bits per heavy atom. The molecule has 0 saturated carbocycles. The van der Waals surface area contributed by atoms with E-state index in [-0.39, 0.29) is 18.0 Å². The maximum Gasteiger partial charge on any atom is 0.337 e. The molecule has 0 fully saturated rings. The number of thiophene rings is 1. The van der Waals surface area contributed by atoms with Crippen LogP contribution in [0.2, 0.25) is 0 Å². The third-order valence-electron chi connectivity index (χ3n) is 3.54. The predicted octanol–water partition coefficient (Wildman–Crippen LogP) is 5.09. The average Bonchev–Trinajstić information content (AvgIpc) is 3.13. The molecule has 3 rings (SSSR count). The molecule has 0 saturated heterocycles. The lowest BCUT2D eigenvalue weighted by atomic mass is 10.1. The summed E-state index contributed by atoms with van der Waals surface area (Å²) in [6.45, 7) is 0.108. The summed E-state index contributed by atoms with van der Waals surface area (Å²) in [6, 6.07) is 17.1. The normalized spacial score (nSPS) is 11.3. The molecular weight excluding hydrogens is 339 g/mol. The van der Waals surface area contributed by atoms with Crippen LogP contribution in [0.4, 0.5) is 4.39 Å². The van der Waals surface area contributed by atoms with E-state index in [2.05, 4.69) is 0 Å². The van der Waals surface area contributed by atoms with Crippen molar-refractivity contribution < 1.29 is 19.0 Å². The third-order valence-corrected chi connectivity index (χ3v) is 4.44. The van der Waals surface area contributed by atoms with Gasteiger partial charge in [-0.3, -0.25) is 0 Å². The molecule has 1 heterocycles. The van der Waals surface area contributed by atoms with Gasteiger partial charge in [-0.1, -0.05) is 36.4 Å². The van der Waals surface area contributed by atoms with E-state index in [0.29, 0.717) is 21.8 Å². The van der Waals surface area contributed by atoms with Crippen LogP contribution in [0.3, 0.4) is 0 Å². The van der Waals surface area contributed by atoms with Crippen molar-refractivity contribution >= 4 is 29.0 Å². The number of benzene rings is 2. The van der Waals surface area contributed by atoms with Crippen LogP contribution in [0, 0.1) is 5.82 Å². The zero-order valence-corrected chi connectivity index (χ0v) is 14.0. The highest BCUT2D eigenvalue weighted by atomic mass is 32.1. The molecule has 3 nitrogen and oxygen atoms in total. The summed E-state index contributed by atoms with van der Waals surface area (Å²) in [5.41, 5.74) is 1.39. The lowest BCUT2D eigenvalue weighted by Crippen LogP contribution is -1.99. The van der Waals surface area contributed by atoms with E-state index < -0.39 is 5.97 Å². The molecule has 3 aromatic rings. The van der Waals surface area contributed by atoms with Crippen LogP contribution in [0.25, 0.3) is 11.6 Å². The van der Waals surface area contributed by atoms with Gasteiger partial charge in [-0.05, 0) is 41.3 Å². The molecule has 0 aliphatic heterocycles. The first-order valence-electron chi connectivity index (χ1n) is 7.58. The van der Waals surface area contributed by atoms with Crippen LogP contribution in [-0.2, 0) is 11.4 Å². The fourth-order valence-electron chi connectivity index (χ4n) is 2.31. The summed E-state index contributed by atoms with van der Waals surface area (Å²) in [6.07, 6.45) is 1.60. The van der Waals surface area contributed by atoms with E-state index in [1.54, 1.807) is 54.6 Å². The minimum absolute atomic E-state index is 0.108. The molecule has 0 radical (unpaired) electrons. The van der Waals surface area contributed by atoms with Gasteiger partial charge >= 0.3 is 5.97 Å².